The molecule has 0 saturated heterocycles. The minimum absolute atomic E-state index is 0.0286. The van der Waals surface area contributed by atoms with Crippen molar-refractivity contribution >= 4 is 27.5 Å². The van der Waals surface area contributed by atoms with E-state index in [1.54, 1.807) is 6.07 Å². The number of aromatic nitrogens is 4. The van der Waals surface area contributed by atoms with Crippen molar-refractivity contribution in [2.75, 3.05) is 5.32 Å². The molecule has 128 valence electrons. The first kappa shape index (κ1) is 17.1. The number of carbonyl (C=O) groups excluding carboxylic acids is 1. The van der Waals surface area contributed by atoms with Gasteiger partial charge in [-0.1, -0.05) is 15.9 Å². The van der Waals surface area contributed by atoms with E-state index < -0.39 is 17.6 Å². The molecule has 1 aromatic carbocycles. The van der Waals surface area contributed by atoms with Gasteiger partial charge in [0.25, 0.3) is 5.91 Å². The summed E-state index contributed by atoms with van der Waals surface area (Å²) in [5.74, 6) is -0.120. The Morgan fingerprint density at radius 3 is 2.60 bits per heavy atom. The lowest BCUT2D eigenvalue weighted by Crippen LogP contribution is -2.14. The van der Waals surface area contributed by atoms with Crippen LogP contribution in [0, 0.1) is 0 Å². The lowest BCUT2D eigenvalue weighted by Gasteiger charge is -2.12. The maximum absolute atomic E-state index is 12.9. The van der Waals surface area contributed by atoms with E-state index in [0.29, 0.717) is 5.82 Å². The topological polar surface area (TPSA) is 72.7 Å². The predicted octanol–water partition coefficient (Wildman–Crippen LogP) is 3.70. The Labute approximate surface area is 147 Å². The number of carbonyl (C=O) groups is 1. The largest absolute Gasteiger partial charge is 0.417 e. The molecule has 0 radical (unpaired) electrons. The number of hydrogen-bond donors (Lipinski definition) is 1. The van der Waals surface area contributed by atoms with Crippen molar-refractivity contribution in [1.82, 2.24) is 19.7 Å². The lowest BCUT2D eigenvalue weighted by atomic mass is 10.2. The Morgan fingerprint density at radius 1 is 1.20 bits per heavy atom. The van der Waals surface area contributed by atoms with Gasteiger partial charge in [-0.3, -0.25) is 4.79 Å². The smallest absolute Gasteiger partial charge is 0.322 e. The summed E-state index contributed by atoms with van der Waals surface area (Å²) in [7, 11) is 0. The molecule has 0 spiro atoms. The first-order chi connectivity index (χ1) is 11.8. The number of alkyl halides is 3. The van der Waals surface area contributed by atoms with E-state index in [9.17, 15) is 18.0 Å². The number of benzene rings is 1. The maximum atomic E-state index is 12.9. The van der Waals surface area contributed by atoms with Crippen LogP contribution in [0.1, 0.15) is 15.9 Å². The number of nitrogens with zero attached hydrogens (tertiary/aromatic N) is 4. The molecule has 1 N–H and O–H groups in total. The van der Waals surface area contributed by atoms with Crippen LogP contribution >= 0.6 is 15.9 Å². The fourth-order valence-electron chi connectivity index (χ4n) is 2.01. The van der Waals surface area contributed by atoms with Gasteiger partial charge in [0, 0.05) is 16.4 Å². The molecule has 0 bridgehead atoms. The number of halogens is 4. The average Bonchev–Trinajstić information content (AvgIpc) is 3.10. The van der Waals surface area contributed by atoms with Gasteiger partial charge < -0.3 is 5.32 Å². The van der Waals surface area contributed by atoms with Crippen LogP contribution in [0.3, 0.4) is 0 Å². The summed E-state index contributed by atoms with van der Waals surface area (Å²) < 4.78 is 40.0. The highest BCUT2D eigenvalue weighted by Crippen LogP contribution is 2.36. The minimum atomic E-state index is -4.53. The number of rotatable bonds is 3. The zero-order chi connectivity index (χ0) is 18.0. The Morgan fingerprint density at radius 2 is 2.00 bits per heavy atom. The molecule has 10 heteroatoms. The Kier molecular flexibility index (Phi) is 4.53. The van der Waals surface area contributed by atoms with Crippen molar-refractivity contribution in [3.63, 3.8) is 0 Å². The van der Waals surface area contributed by atoms with Crippen molar-refractivity contribution in [1.29, 1.82) is 0 Å². The first-order valence-corrected chi connectivity index (χ1v) is 7.63. The second-order valence-corrected chi connectivity index (χ2v) is 5.75. The molecule has 0 atom stereocenters. The summed E-state index contributed by atoms with van der Waals surface area (Å²) in [6.07, 6.45) is -0.437. The highest BCUT2D eigenvalue weighted by atomic mass is 79.9. The Balaban J connectivity index is 1.78. The minimum Gasteiger partial charge on any atom is -0.322 e. The summed E-state index contributed by atoms with van der Waals surface area (Å²) in [6.45, 7) is 0. The number of pyridine rings is 1. The third-order valence-corrected chi connectivity index (χ3v) is 3.88. The lowest BCUT2D eigenvalue weighted by molar-refractivity contribution is -0.138. The fraction of sp³-hybridized carbons (Fsp3) is 0.0667. The van der Waals surface area contributed by atoms with E-state index >= 15 is 0 Å². The Hall–Kier alpha value is -2.75. The molecule has 0 saturated carbocycles. The Bertz CT molecular complexity index is 895. The second-order valence-electron chi connectivity index (χ2n) is 4.89. The zero-order valence-corrected chi connectivity index (χ0v) is 13.9. The molecular formula is C15H9BrF3N5O. The molecule has 3 rings (SSSR count). The zero-order valence-electron chi connectivity index (χ0n) is 12.3. The van der Waals surface area contributed by atoms with E-state index in [4.69, 9.17) is 0 Å². The van der Waals surface area contributed by atoms with Crippen LogP contribution in [0.2, 0.25) is 0 Å². The molecule has 6 nitrogen and oxygen atoms in total. The van der Waals surface area contributed by atoms with E-state index in [1.165, 1.54) is 41.7 Å². The van der Waals surface area contributed by atoms with Gasteiger partial charge in [-0.2, -0.15) is 18.3 Å². The van der Waals surface area contributed by atoms with Crippen LogP contribution in [-0.4, -0.2) is 25.7 Å². The third-order valence-electron chi connectivity index (χ3n) is 3.19. The number of hydrogen-bond acceptors (Lipinski definition) is 4. The van der Waals surface area contributed by atoms with Crippen molar-refractivity contribution in [2.24, 2.45) is 0 Å². The van der Waals surface area contributed by atoms with Crippen molar-refractivity contribution < 1.29 is 18.0 Å². The van der Waals surface area contributed by atoms with Gasteiger partial charge in [-0.05, 0) is 30.3 Å². The van der Waals surface area contributed by atoms with Gasteiger partial charge in [-0.25, -0.2) is 14.6 Å². The number of amides is 1. The van der Waals surface area contributed by atoms with Gasteiger partial charge >= 0.3 is 6.18 Å². The average molecular weight is 412 g/mol. The standard InChI is InChI=1S/C15H9BrF3N5O/c16-12-3-2-10(5-11(12)15(17,18)19)23-14(25)9-1-4-13(21-6-9)24-8-20-7-22-24/h1-8H,(H,23,25). The molecule has 0 aliphatic heterocycles. The SMILES string of the molecule is O=C(Nc1ccc(Br)c(C(F)(F)F)c1)c1ccc(-n2cncn2)nc1. The van der Waals surface area contributed by atoms with Crippen LogP contribution < -0.4 is 5.32 Å². The van der Waals surface area contributed by atoms with E-state index in [-0.39, 0.29) is 15.7 Å². The second kappa shape index (κ2) is 6.63. The van der Waals surface area contributed by atoms with Crippen LogP contribution in [0.15, 0.2) is 53.7 Å². The van der Waals surface area contributed by atoms with Gasteiger partial charge in [0.05, 0.1) is 11.1 Å². The molecule has 0 fully saturated rings. The molecule has 0 unspecified atom stereocenters. The molecule has 2 heterocycles. The van der Waals surface area contributed by atoms with E-state index in [2.05, 4.69) is 36.3 Å². The summed E-state index contributed by atoms with van der Waals surface area (Å²) in [4.78, 5) is 20.0. The summed E-state index contributed by atoms with van der Waals surface area (Å²) >= 11 is 2.85. The monoisotopic (exact) mass is 411 g/mol. The van der Waals surface area contributed by atoms with Gasteiger partial charge in [0.2, 0.25) is 0 Å². The third kappa shape index (κ3) is 3.85. The number of nitrogens with one attached hydrogen (secondary N) is 1. The van der Waals surface area contributed by atoms with E-state index in [1.807, 2.05) is 0 Å². The molecule has 3 aromatic rings. The van der Waals surface area contributed by atoms with Crippen LogP contribution in [0.25, 0.3) is 5.82 Å². The molecule has 2 aromatic heterocycles. The van der Waals surface area contributed by atoms with Gasteiger partial charge in [0.15, 0.2) is 5.82 Å². The van der Waals surface area contributed by atoms with Crippen molar-refractivity contribution in [3.05, 3.63) is 64.8 Å². The molecule has 1 amide bonds. The van der Waals surface area contributed by atoms with Gasteiger partial charge in [0.1, 0.15) is 12.7 Å². The maximum Gasteiger partial charge on any atom is 0.417 e. The van der Waals surface area contributed by atoms with Gasteiger partial charge in [-0.15, -0.1) is 0 Å². The summed E-state index contributed by atoms with van der Waals surface area (Å²) in [5, 5.41) is 6.32. The van der Waals surface area contributed by atoms with Crippen molar-refractivity contribution in [2.45, 2.75) is 6.18 Å². The summed E-state index contributed by atoms with van der Waals surface area (Å²) in [6, 6.07) is 6.49. The van der Waals surface area contributed by atoms with Crippen LogP contribution in [0.4, 0.5) is 18.9 Å². The number of anilines is 1. The molecule has 0 aliphatic rings. The van der Waals surface area contributed by atoms with Crippen LogP contribution in [-0.2, 0) is 6.18 Å². The first-order valence-electron chi connectivity index (χ1n) is 6.84. The van der Waals surface area contributed by atoms with Crippen LogP contribution in [0.5, 0.6) is 0 Å². The predicted molar refractivity (Wildman–Crippen MR) is 86.3 cm³/mol. The van der Waals surface area contributed by atoms with Crippen molar-refractivity contribution in [3.8, 4) is 5.82 Å². The highest BCUT2D eigenvalue weighted by Gasteiger charge is 2.33. The molecule has 0 aliphatic carbocycles. The normalized spacial score (nSPS) is 11.4. The fourth-order valence-corrected chi connectivity index (χ4v) is 2.48. The summed E-state index contributed by atoms with van der Waals surface area (Å²) in [5.41, 5.74) is -0.647. The quantitative estimate of drug-likeness (QED) is 0.712. The molecular weight excluding hydrogens is 403 g/mol. The van der Waals surface area contributed by atoms with E-state index in [0.717, 1.165) is 6.07 Å². The highest BCUT2D eigenvalue weighted by molar-refractivity contribution is 9.10. The molecule has 25 heavy (non-hydrogen) atoms.